The lowest BCUT2D eigenvalue weighted by Crippen LogP contribution is -2.11. The van der Waals surface area contributed by atoms with Crippen LogP contribution in [0.2, 0.25) is 0 Å². The Bertz CT molecular complexity index is 664. The molecule has 1 N–H and O–H groups in total. The van der Waals surface area contributed by atoms with Gasteiger partial charge in [0.25, 0.3) is 0 Å². The zero-order valence-electron chi connectivity index (χ0n) is 11.1. The average molecular weight is 302 g/mol. The van der Waals surface area contributed by atoms with Crippen LogP contribution in [0.3, 0.4) is 0 Å². The SMILES string of the molecule is CCCCOc1ccc2c(C(=O)O)nc(C(F)(F)F)n2c1. The van der Waals surface area contributed by atoms with E-state index in [-0.39, 0.29) is 11.3 Å². The summed E-state index contributed by atoms with van der Waals surface area (Å²) in [5.74, 6) is -2.56. The minimum Gasteiger partial charge on any atom is -0.492 e. The number of hydrogen-bond donors (Lipinski definition) is 1. The normalized spacial score (nSPS) is 11.8. The lowest BCUT2D eigenvalue weighted by molar-refractivity contribution is -0.145. The number of unbranched alkanes of at least 4 members (excludes halogenated alkanes) is 1. The van der Waals surface area contributed by atoms with Crippen molar-refractivity contribution in [3.05, 3.63) is 29.8 Å². The fourth-order valence-electron chi connectivity index (χ4n) is 1.84. The van der Waals surface area contributed by atoms with Gasteiger partial charge in [0.15, 0.2) is 5.69 Å². The summed E-state index contributed by atoms with van der Waals surface area (Å²) >= 11 is 0. The molecule has 2 aromatic rings. The molecule has 114 valence electrons. The van der Waals surface area contributed by atoms with Crippen molar-refractivity contribution in [3.8, 4) is 5.75 Å². The van der Waals surface area contributed by atoms with Crippen LogP contribution in [-0.2, 0) is 6.18 Å². The number of halogens is 3. The first-order valence-corrected chi connectivity index (χ1v) is 6.30. The number of nitrogens with zero attached hydrogens (tertiary/aromatic N) is 2. The van der Waals surface area contributed by atoms with Crippen molar-refractivity contribution < 1.29 is 27.8 Å². The molecular weight excluding hydrogens is 289 g/mol. The van der Waals surface area contributed by atoms with Crippen LogP contribution in [0.4, 0.5) is 13.2 Å². The number of aromatic carboxylic acids is 1. The van der Waals surface area contributed by atoms with Crippen molar-refractivity contribution in [3.63, 3.8) is 0 Å². The van der Waals surface area contributed by atoms with Crippen molar-refractivity contribution in [1.29, 1.82) is 0 Å². The standard InChI is InChI=1S/C13H13F3N2O3/c1-2-3-6-21-8-4-5-9-10(11(19)20)17-12(13(14,15)16)18(9)7-8/h4-5,7H,2-3,6H2,1H3,(H,19,20). The van der Waals surface area contributed by atoms with Gasteiger partial charge in [-0.2, -0.15) is 13.2 Å². The summed E-state index contributed by atoms with van der Waals surface area (Å²) in [6.45, 7) is 2.34. The van der Waals surface area contributed by atoms with Crippen LogP contribution >= 0.6 is 0 Å². The summed E-state index contributed by atoms with van der Waals surface area (Å²) in [7, 11) is 0. The lowest BCUT2D eigenvalue weighted by Gasteiger charge is -2.08. The number of carboxylic acids is 1. The molecule has 8 heteroatoms. The molecule has 0 saturated carbocycles. The van der Waals surface area contributed by atoms with Gasteiger partial charge < -0.3 is 9.84 Å². The Labute approximate surface area is 118 Å². The summed E-state index contributed by atoms with van der Waals surface area (Å²) in [4.78, 5) is 14.2. The number of rotatable bonds is 5. The number of imidazole rings is 1. The molecule has 2 heterocycles. The van der Waals surface area contributed by atoms with E-state index in [1.165, 1.54) is 12.1 Å². The van der Waals surface area contributed by atoms with Gasteiger partial charge in [0, 0.05) is 0 Å². The fourth-order valence-corrected chi connectivity index (χ4v) is 1.84. The quantitative estimate of drug-likeness (QED) is 0.861. The van der Waals surface area contributed by atoms with E-state index >= 15 is 0 Å². The van der Waals surface area contributed by atoms with Gasteiger partial charge in [0.2, 0.25) is 5.82 Å². The zero-order valence-corrected chi connectivity index (χ0v) is 11.1. The molecule has 0 spiro atoms. The zero-order chi connectivity index (χ0) is 15.6. The topological polar surface area (TPSA) is 63.8 Å². The predicted octanol–water partition coefficient (Wildman–Crippen LogP) is 3.23. The smallest absolute Gasteiger partial charge is 0.450 e. The molecule has 0 atom stereocenters. The van der Waals surface area contributed by atoms with E-state index < -0.39 is 23.7 Å². The van der Waals surface area contributed by atoms with Crippen molar-refractivity contribution in [2.75, 3.05) is 6.61 Å². The van der Waals surface area contributed by atoms with Crippen molar-refractivity contribution >= 4 is 11.5 Å². The molecule has 0 aromatic carbocycles. The number of alkyl halides is 3. The fraction of sp³-hybridized carbons (Fsp3) is 0.385. The Kier molecular flexibility index (Phi) is 4.06. The number of ether oxygens (including phenoxy) is 1. The number of fused-ring (bicyclic) bond motifs is 1. The molecule has 0 aliphatic carbocycles. The molecule has 21 heavy (non-hydrogen) atoms. The Morgan fingerprint density at radius 1 is 1.43 bits per heavy atom. The highest BCUT2D eigenvalue weighted by Gasteiger charge is 2.38. The lowest BCUT2D eigenvalue weighted by atomic mass is 10.3. The van der Waals surface area contributed by atoms with Crippen LogP contribution in [0, 0.1) is 0 Å². The van der Waals surface area contributed by atoms with Gasteiger partial charge in [0.05, 0.1) is 18.3 Å². The second-order valence-corrected chi connectivity index (χ2v) is 4.41. The maximum Gasteiger partial charge on any atom is 0.450 e. The number of carboxylic acid groups (broad SMARTS) is 1. The van der Waals surface area contributed by atoms with E-state index in [1.807, 2.05) is 6.92 Å². The van der Waals surface area contributed by atoms with Crippen molar-refractivity contribution in [2.24, 2.45) is 0 Å². The third-order valence-electron chi connectivity index (χ3n) is 2.83. The first-order valence-electron chi connectivity index (χ1n) is 6.30. The summed E-state index contributed by atoms with van der Waals surface area (Å²) in [6, 6.07) is 2.69. The highest BCUT2D eigenvalue weighted by molar-refractivity contribution is 5.93. The van der Waals surface area contributed by atoms with Crippen LogP contribution in [-0.4, -0.2) is 27.1 Å². The van der Waals surface area contributed by atoms with Crippen LogP contribution in [0.25, 0.3) is 5.52 Å². The third-order valence-corrected chi connectivity index (χ3v) is 2.83. The van der Waals surface area contributed by atoms with Gasteiger partial charge in [0.1, 0.15) is 5.75 Å². The van der Waals surface area contributed by atoms with Gasteiger partial charge in [-0.05, 0) is 18.6 Å². The highest BCUT2D eigenvalue weighted by Crippen LogP contribution is 2.31. The molecule has 0 bridgehead atoms. The van der Waals surface area contributed by atoms with Crippen LogP contribution in [0.5, 0.6) is 5.75 Å². The van der Waals surface area contributed by atoms with Gasteiger partial charge in [-0.3, -0.25) is 4.40 Å². The number of carbonyl (C=O) groups is 1. The van der Waals surface area contributed by atoms with E-state index in [1.54, 1.807) is 0 Å². The largest absolute Gasteiger partial charge is 0.492 e. The van der Waals surface area contributed by atoms with E-state index in [0.717, 1.165) is 19.0 Å². The van der Waals surface area contributed by atoms with Crippen molar-refractivity contribution in [2.45, 2.75) is 25.9 Å². The maximum atomic E-state index is 12.9. The van der Waals surface area contributed by atoms with E-state index in [0.29, 0.717) is 11.0 Å². The Morgan fingerprint density at radius 2 is 2.14 bits per heavy atom. The van der Waals surface area contributed by atoms with E-state index in [2.05, 4.69) is 4.98 Å². The molecule has 0 radical (unpaired) electrons. The molecular formula is C13H13F3N2O3. The molecule has 0 fully saturated rings. The molecule has 2 aromatic heterocycles. The first-order chi connectivity index (χ1) is 9.84. The summed E-state index contributed by atoms with van der Waals surface area (Å²) in [5, 5.41) is 8.93. The minimum atomic E-state index is -4.75. The molecule has 2 rings (SSSR count). The van der Waals surface area contributed by atoms with Gasteiger partial charge in [-0.15, -0.1) is 0 Å². The highest BCUT2D eigenvalue weighted by atomic mass is 19.4. The number of pyridine rings is 1. The third kappa shape index (κ3) is 3.09. The van der Waals surface area contributed by atoms with Crippen LogP contribution in [0.1, 0.15) is 36.1 Å². The Morgan fingerprint density at radius 3 is 2.71 bits per heavy atom. The molecule has 0 saturated heterocycles. The number of hydrogen-bond acceptors (Lipinski definition) is 3. The van der Waals surface area contributed by atoms with Gasteiger partial charge in [-0.25, -0.2) is 9.78 Å². The molecule has 0 unspecified atom stereocenters. The second-order valence-electron chi connectivity index (χ2n) is 4.41. The van der Waals surface area contributed by atoms with E-state index in [9.17, 15) is 18.0 Å². The maximum absolute atomic E-state index is 12.9. The number of aromatic nitrogens is 2. The van der Waals surface area contributed by atoms with Gasteiger partial charge >= 0.3 is 12.1 Å². The minimum absolute atomic E-state index is 0.127. The second kappa shape index (κ2) is 5.63. The monoisotopic (exact) mass is 302 g/mol. The first kappa shape index (κ1) is 15.1. The summed E-state index contributed by atoms with van der Waals surface area (Å²) in [6.07, 6.45) is -1.98. The summed E-state index contributed by atoms with van der Waals surface area (Å²) in [5.41, 5.74) is -0.764. The Balaban J connectivity index is 2.51. The molecule has 0 aliphatic heterocycles. The molecule has 5 nitrogen and oxygen atoms in total. The van der Waals surface area contributed by atoms with Crippen LogP contribution in [0.15, 0.2) is 18.3 Å². The van der Waals surface area contributed by atoms with Crippen molar-refractivity contribution in [1.82, 2.24) is 9.38 Å². The van der Waals surface area contributed by atoms with Crippen LogP contribution < -0.4 is 4.74 Å². The predicted molar refractivity (Wildman–Crippen MR) is 67.6 cm³/mol. The molecule has 0 amide bonds. The van der Waals surface area contributed by atoms with E-state index in [4.69, 9.17) is 9.84 Å². The molecule has 0 aliphatic rings. The van der Waals surface area contributed by atoms with Gasteiger partial charge in [-0.1, -0.05) is 13.3 Å². The Hall–Kier alpha value is -2.25. The summed E-state index contributed by atoms with van der Waals surface area (Å²) < 4.78 is 44.8. The average Bonchev–Trinajstić information content (AvgIpc) is 2.77.